The molecule has 2 aliphatic heterocycles. The topological polar surface area (TPSA) is 33.3 Å². The van der Waals surface area contributed by atoms with Crippen molar-refractivity contribution in [1.29, 1.82) is 0 Å². The summed E-state index contributed by atoms with van der Waals surface area (Å²) in [4.78, 5) is 0. The molecule has 2 N–H and O–H groups in total. The molecule has 0 spiro atoms. The minimum Gasteiger partial charge on any atom is -0.350 e. The third-order valence-corrected chi connectivity index (χ3v) is 2.15. The first kappa shape index (κ1) is 8.36. The van der Waals surface area contributed by atoms with Crippen molar-refractivity contribution in [2.45, 2.75) is 11.8 Å². The smallest absolute Gasteiger partial charge is 0.222 e. The Hall–Kier alpha value is -1.24. The monoisotopic (exact) mass is 176 g/mol. The van der Waals surface area contributed by atoms with E-state index in [0.29, 0.717) is 0 Å². The molecule has 68 valence electrons. The molecule has 0 aromatic carbocycles. The predicted molar refractivity (Wildman–Crippen MR) is 50.7 cm³/mol. The van der Waals surface area contributed by atoms with Gasteiger partial charge in [0.25, 0.3) is 0 Å². The lowest BCUT2D eigenvalue weighted by Crippen LogP contribution is -2.56. The molecule has 0 bridgehead atoms. The van der Waals surface area contributed by atoms with Gasteiger partial charge in [-0.15, -0.1) is 6.42 Å². The van der Waals surface area contributed by atoms with Crippen molar-refractivity contribution in [3.63, 3.8) is 0 Å². The van der Waals surface area contributed by atoms with Crippen LogP contribution in [0.2, 0.25) is 0 Å². The van der Waals surface area contributed by atoms with Gasteiger partial charge in [0.2, 0.25) is 5.72 Å². The average Bonchev–Trinajstić information content (AvgIpc) is 2.13. The van der Waals surface area contributed by atoms with E-state index in [0.717, 1.165) is 13.1 Å². The highest BCUT2D eigenvalue weighted by Crippen LogP contribution is 2.16. The molecule has 0 aliphatic carbocycles. The van der Waals surface area contributed by atoms with E-state index in [-0.39, 0.29) is 6.10 Å². The van der Waals surface area contributed by atoms with Crippen LogP contribution in [0, 0.1) is 12.3 Å². The number of rotatable bonds is 2. The van der Waals surface area contributed by atoms with E-state index >= 15 is 0 Å². The third kappa shape index (κ3) is 1.59. The second kappa shape index (κ2) is 3.25. The van der Waals surface area contributed by atoms with Crippen LogP contribution in [-0.4, -0.2) is 24.9 Å². The SMILES string of the molecule is C#CC1(OC2CNC2)C=CC=CN1. The summed E-state index contributed by atoms with van der Waals surface area (Å²) in [7, 11) is 0. The van der Waals surface area contributed by atoms with Crippen molar-refractivity contribution < 1.29 is 4.74 Å². The third-order valence-electron chi connectivity index (χ3n) is 2.15. The fraction of sp³-hybridized carbons (Fsp3) is 0.400. The maximum atomic E-state index is 5.72. The summed E-state index contributed by atoms with van der Waals surface area (Å²) in [6.07, 6.45) is 13.1. The number of hydrogen-bond acceptors (Lipinski definition) is 3. The molecule has 3 nitrogen and oxygen atoms in total. The van der Waals surface area contributed by atoms with Gasteiger partial charge in [0.1, 0.15) is 0 Å². The van der Waals surface area contributed by atoms with E-state index in [1.54, 1.807) is 6.20 Å². The van der Waals surface area contributed by atoms with E-state index in [1.165, 1.54) is 0 Å². The van der Waals surface area contributed by atoms with E-state index in [4.69, 9.17) is 11.2 Å². The number of hydrogen-bond donors (Lipinski definition) is 2. The van der Waals surface area contributed by atoms with Crippen molar-refractivity contribution in [2.24, 2.45) is 0 Å². The number of terminal acetylenes is 1. The van der Waals surface area contributed by atoms with Gasteiger partial charge in [-0.2, -0.15) is 0 Å². The molecule has 1 saturated heterocycles. The minimum absolute atomic E-state index is 0.222. The Balaban J connectivity index is 2.03. The Kier molecular flexibility index (Phi) is 2.09. The average molecular weight is 176 g/mol. The van der Waals surface area contributed by atoms with Crippen LogP contribution in [0.1, 0.15) is 0 Å². The largest absolute Gasteiger partial charge is 0.350 e. The first-order valence-electron chi connectivity index (χ1n) is 4.33. The van der Waals surface area contributed by atoms with Gasteiger partial charge in [0.05, 0.1) is 6.10 Å². The fourth-order valence-corrected chi connectivity index (χ4v) is 1.27. The number of ether oxygens (including phenoxy) is 1. The van der Waals surface area contributed by atoms with Gasteiger partial charge in [0, 0.05) is 13.1 Å². The van der Waals surface area contributed by atoms with Gasteiger partial charge < -0.3 is 15.4 Å². The highest BCUT2D eigenvalue weighted by Gasteiger charge is 2.31. The van der Waals surface area contributed by atoms with Gasteiger partial charge in [0.15, 0.2) is 0 Å². The molecule has 0 amide bonds. The van der Waals surface area contributed by atoms with Gasteiger partial charge in [-0.25, -0.2) is 0 Å². The van der Waals surface area contributed by atoms with Crippen molar-refractivity contribution in [3.05, 3.63) is 24.4 Å². The van der Waals surface area contributed by atoms with Crippen LogP contribution < -0.4 is 10.6 Å². The molecule has 2 aliphatic rings. The molecule has 0 radical (unpaired) electrons. The molecule has 13 heavy (non-hydrogen) atoms. The zero-order valence-corrected chi connectivity index (χ0v) is 7.29. The minimum atomic E-state index is -0.735. The zero-order chi connectivity index (χ0) is 9.15. The second-order valence-corrected chi connectivity index (χ2v) is 3.14. The predicted octanol–water partition coefficient (Wildman–Crippen LogP) is -0.0226. The highest BCUT2D eigenvalue weighted by molar-refractivity contribution is 5.27. The molecule has 2 heterocycles. The van der Waals surface area contributed by atoms with Crippen molar-refractivity contribution in [1.82, 2.24) is 10.6 Å². The Bertz CT molecular complexity index is 286. The second-order valence-electron chi connectivity index (χ2n) is 3.14. The standard InChI is InChI=1S/C10H12N2O/c1-2-10(5-3-4-6-12-10)13-9-7-11-8-9/h1,3-6,9,11-12H,7-8H2. The summed E-state index contributed by atoms with van der Waals surface area (Å²) in [5.74, 6) is 2.62. The van der Waals surface area contributed by atoms with Crippen molar-refractivity contribution in [2.75, 3.05) is 13.1 Å². The molecule has 2 rings (SSSR count). The molecule has 0 aromatic rings. The Morgan fingerprint density at radius 3 is 2.77 bits per heavy atom. The summed E-state index contributed by atoms with van der Waals surface area (Å²) in [6, 6.07) is 0. The van der Waals surface area contributed by atoms with Gasteiger partial charge in [-0.3, -0.25) is 0 Å². The first-order valence-corrected chi connectivity index (χ1v) is 4.33. The van der Waals surface area contributed by atoms with Crippen LogP contribution in [0.25, 0.3) is 0 Å². The summed E-state index contributed by atoms with van der Waals surface area (Å²) in [6.45, 7) is 1.76. The first-order chi connectivity index (χ1) is 6.35. The van der Waals surface area contributed by atoms with Crippen LogP contribution in [0.4, 0.5) is 0 Å². The van der Waals surface area contributed by atoms with Crippen LogP contribution in [0.5, 0.6) is 0 Å². The number of allylic oxidation sites excluding steroid dienone is 2. The zero-order valence-electron chi connectivity index (χ0n) is 7.29. The highest BCUT2D eigenvalue weighted by atomic mass is 16.5. The maximum absolute atomic E-state index is 5.72. The normalized spacial score (nSPS) is 31.9. The fourth-order valence-electron chi connectivity index (χ4n) is 1.27. The van der Waals surface area contributed by atoms with E-state index in [1.807, 2.05) is 18.2 Å². The molecule has 1 unspecified atom stereocenters. The van der Waals surface area contributed by atoms with E-state index < -0.39 is 5.72 Å². The number of nitrogens with one attached hydrogen (secondary N) is 2. The molecule has 0 aromatic heterocycles. The number of dihydropyridines is 1. The van der Waals surface area contributed by atoms with Gasteiger partial charge in [-0.1, -0.05) is 6.08 Å². The molecule has 0 saturated carbocycles. The Morgan fingerprint density at radius 2 is 2.31 bits per heavy atom. The lowest BCUT2D eigenvalue weighted by Gasteiger charge is -2.36. The van der Waals surface area contributed by atoms with E-state index in [9.17, 15) is 0 Å². The van der Waals surface area contributed by atoms with Gasteiger partial charge in [-0.05, 0) is 24.3 Å². The quantitative estimate of drug-likeness (QED) is 0.580. The summed E-state index contributed by atoms with van der Waals surface area (Å²) >= 11 is 0. The molecule has 1 atom stereocenters. The van der Waals surface area contributed by atoms with Crippen LogP contribution >= 0.6 is 0 Å². The molecular weight excluding hydrogens is 164 g/mol. The van der Waals surface area contributed by atoms with E-state index in [2.05, 4.69) is 16.6 Å². The lowest BCUT2D eigenvalue weighted by atomic mass is 10.1. The maximum Gasteiger partial charge on any atom is 0.222 e. The van der Waals surface area contributed by atoms with Crippen molar-refractivity contribution >= 4 is 0 Å². The van der Waals surface area contributed by atoms with Crippen LogP contribution in [0.15, 0.2) is 24.4 Å². The molecule has 1 fully saturated rings. The Morgan fingerprint density at radius 1 is 1.46 bits per heavy atom. The lowest BCUT2D eigenvalue weighted by molar-refractivity contribution is -0.0628. The van der Waals surface area contributed by atoms with Gasteiger partial charge >= 0.3 is 0 Å². The Labute approximate surface area is 77.8 Å². The summed E-state index contributed by atoms with van der Waals surface area (Å²) in [5.41, 5.74) is -0.735. The summed E-state index contributed by atoms with van der Waals surface area (Å²) < 4.78 is 5.72. The summed E-state index contributed by atoms with van der Waals surface area (Å²) in [5, 5.41) is 6.16. The van der Waals surface area contributed by atoms with Crippen molar-refractivity contribution in [3.8, 4) is 12.3 Å². The molecular formula is C10H12N2O. The molecule has 3 heteroatoms. The van der Waals surface area contributed by atoms with Crippen LogP contribution in [-0.2, 0) is 4.74 Å². The van der Waals surface area contributed by atoms with Crippen LogP contribution in [0.3, 0.4) is 0 Å².